The first-order chi connectivity index (χ1) is 7.91. The number of carbonyl (C=O) groups is 2. The number of hydrogen-bond acceptors (Lipinski definition) is 3. The summed E-state index contributed by atoms with van der Waals surface area (Å²) >= 11 is 0. The van der Waals surface area contributed by atoms with Gasteiger partial charge in [-0.1, -0.05) is 0 Å². The van der Waals surface area contributed by atoms with Gasteiger partial charge in [0.2, 0.25) is 11.5 Å². The number of pyridine rings is 1. The lowest BCUT2D eigenvalue weighted by atomic mass is 10.2. The number of hydrogen-bond donors (Lipinski definition) is 2. The lowest BCUT2D eigenvalue weighted by Crippen LogP contribution is -2.42. The van der Waals surface area contributed by atoms with E-state index >= 15 is 0 Å². The number of nitrogens with zero attached hydrogens (tertiary/aromatic N) is 1. The molecule has 1 rings (SSSR count). The van der Waals surface area contributed by atoms with Crippen molar-refractivity contribution < 1.29 is 9.59 Å². The molecular formula is C11H15N3O3. The molecule has 0 aliphatic heterocycles. The van der Waals surface area contributed by atoms with E-state index in [0.717, 1.165) is 0 Å². The summed E-state index contributed by atoms with van der Waals surface area (Å²) < 4.78 is 0. The van der Waals surface area contributed by atoms with E-state index in [4.69, 9.17) is 5.73 Å². The number of aromatic nitrogens is 1. The number of aromatic amines is 1. The van der Waals surface area contributed by atoms with Crippen LogP contribution in [-0.4, -0.2) is 34.3 Å². The summed E-state index contributed by atoms with van der Waals surface area (Å²) in [6.45, 7) is 3.43. The third-order valence-electron chi connectivity index (χ3n) is 2.24. The largest absolute Gasteiger partial charge is 0.368 e. The number of primary amides is 1. The van der Waals surface area contributed by atoms with Crippen LogP contribution in [0.15, 0.2) is 23.1 Å². The molecule has 2 amide bonds. The molecule has 0 bridgehead atoms. The Bertz CT molecular complexity index is 459. The molecule has 0 saturated carbocycles. The van der Waals surface area contributed by atoms with Gasteiger partial charge in [0, 0.05) is 18.3 Å². The second-order valence-electron chi connectivity index (χ2n) is 3.93. The van der Waals surface area contributed by atoms with Crippen LogP contribution in [-0.2, 0) is 4.79 Å². The normalized spacial score (nSPS) is 10.3. The first-order valence-corrected chi connectivity index (χ1v) is 5.20. The Morgan fingerprint density at radius 1 is 1.41 bits per heavy atom. The average molecular weight is 237 g/mol. The quantitative estimate of drug-likeness (QED) is 0.753. The van der Waals surface area contributed by atoms with Gasteiger partial charge in [0.25, 0.3) is 5.91 Å². The summed E-state index contributed by atoms with van der Waals surface area (Å²) in [6, 6.07) is 2.52. The monoisotopic (exact) mass is 237 g/mol. The predicted octanol–water partition coefficient (Wildman–Crippen LogP) is -0.289. The first kappa shape index (κ1) is 13.0. The van der Waals surface area contributed by atoms with Crippen molar-refractivity contribution in [3.8, 4) is 0 Å². The van der Waals surface area contributed by atoms with Gasteiger partial charge in [-0.05, 0) is 19.9 Å². The van der Waals surface area contributed by atoms with Crippen molar-refractivity contribution in [2.45, 2.75) is 19.9 Å². The van der Waals surface area contributed by atoms with Gasteiger partial charge in [0.15, 0.2) is 0 Å². The lowest BCUT2D eigenvalue weighted by Gasteiger charge is -2.25. The molecule has 0 aromatic carbocycles. The van der Waals surface area contributed by atoms with Crippen molar-refractivity contribution in [3.63, 3.8) is 0 Å². The molecule has 0 atom stereocenters. The zero-order valence-corrected chi connectivity index (χ0v) is 9.77. The third-order valence-corrected chi connectivity index (χ3v) is 2.24. The minimum Gasteiger partial charge on any atom is -0.368 e. The average Bonchev–Trinajstić information content (AvgIpc) is 2.25. The van der Waals surface area contributed by atoms with E-state index in [1.165, 1.54) is 23.2 Å². The molecule has 0 fully saturated rings. The molecule has 1 aromatic rings. The highest BCUT2D eigenvalue weighted by molar-refractivity contribution is 5.96. The first-order valence-electron chi connectivity index (χ1n) is 5.20. The van der Waals surface area contributed by atoms with Gasteiger partial charge in [-0.2, -0.15) is 0 Å². The van der Waals surface area contributed by atoms with Crippen molar-refractivity contribution in [2.24, 2.45) is 5.73 Å². The maximum absolute atomic E-state index is 12.0. The summed E-state index contributed by atoms with van der Waals surface area (Å²) in [7, 11) is 0. The number of nitrogens with one attached hydrogen (secondary N) is 1. The maximum Gasteiger partial charge on any atom is 0.256 e. The molecule has 0 aliphatic carbocycles. The summed E-state index contributed by atoms with van der Waals surface area (Å²) in [5.74, 6) is -0.911. The number of carbonyl (C=O) groups excluding carboxylic acids is 2. The second-order valence-corrected chi connectivity index (χ2v) is 3.93. The van der Waals surface area contributed by atoms with E-state index in [9.17, 15) is 14.4 Å². The number of amides is 2. The van der Waals surface area contributed by atoms with Crippen molar-refractivity contribution in [1.29, 1.82) is 0 Å². The molecule has 1 aromatic heterocycles. The fourth-order valence-electron chi connectivity index (χ4n) is 1.37. The minimum atomic E-state index is -0.573. The van der Waals surface area contributed by atoms with E-state index in [1.807, 2.05) is 0 Å². The smallest absolute Gasteiger partial charge is 0.256 e. The zero-order chi connectivity index (χ0) is 13.0. The Labute approximate surface area is 98.4 Å². The summed E-state index contributed by atoms with van der Waals surface area (Å²) in [4.78, 5) is 37.5. The molecule has 0 aliphatic rings. The van der Waals surface area contributed by atoms with Crippen LogP contribution in [0.2, 0.25) is 0 Å². The van der Waals surface area contributed by atoms with E-state index in [-0.39, 0.29) is 24.1 Å². The highest BCUT2D eigenvalue weighted by Gasteiger charge is 2.20. The van der Waals surface area contributed by atoms with Crippen LogP contribution in [0, 0.1) is 0 Å². The SMILES string of the molecule is CC(C)N(CC(N)=O)C(=O)c1ccc(=O)[nH]c1. The summed E-state index contributed by atoms with van der Waals surface area (Å²) in [5, 5.41) is 0. The predicted molar refractivity (Wildman–Crippen MR) is 62.4 cm³/mol. The van der Waals surface area contributed by atoms with Crippen LogP contribution in [0.3, 0.4) is 0 Å². The van der Waals surface area contributed by atoms with Crippen molar-refractivity contribution in [3.05, 3.63) is 34.2 Å². The highest BCUT2D eigenvalue weighted by Crippen LogP contribution is 2.05. The summed E-state index contributed by atoms with van der Waals surface area (Å²) in [6.07, 6.45) is 1.32. The van der Waals surface area contributed by atoms with E-state index in [0.29, 0.717) is 5.56 Å². The van der Waals surface area contributed by atoms with E-state index < -0.39 is 5.91 Å². The third kappa shape index (κ3) is 3.44. The standard InChI is InChI=1S/C11H15N3O3/c1-7(2)14(6-9(12)15)11(17)8-3-4-10(16)13-5-8/h3-5,7H,6H2,1-2H3,(H2,12,15)(H,13,16). The van der Waals surface area contributed by atoms with Gasteiger partial charge < -0.3 is 15.6 Å². The number of H-pyrrole nitrogens is 1. The van der Waals surface area contributed by atoms with Crippen LogP contribution >= 0.6 is 0 Å². The lowest BCUT2D eigenvalue weighted by molar-refractivity contribution is -0.119. The van der Waals surface area contributed by atoms with Gasteiger partial charge in [0.05, 0.1) is 12.1 Å². The van der Waals surface area contributed by atoms with E-state index in [1.54, 1.807) is 13.8 Å². The topological polar surface area (TPSA) is 96.3 Å². The highest BCUT2D eigenvalue weighted by atomic mass is 16.2. The Kier molecular flexibility index (Phi) is 4.03. The van der Waals surface area contributed by atoms with Gasteiger partial charge in [-0.25, -0.2) is 0 Å². The van der Waals surface area contributed by atoms with Crippen LogP contribution in [0.4, 0.5) is 0 Å². The Morgan fingerprint density at radius 2 is 2.06 bits per heavy atom. The van der Waals surface area contributed by atoms with Crippen LogP contribution in [0.5, 0.6) is 0 Å². The zero-order valence-electron chi connectivity index (χ0n) is 9.77. The van der Waals surface area contributed by atoms with Crippen LogP contribution < -0.4 is 11.3 Å². The van der Waals surface area contributed by atoms with Crippen LogP contribution in [0.25, 0.3) is 0 Å². The van der Waals surface area contributed by atoms with Crippen LogP contribution in [0.1, 0.15) is 24.2 Å². The molecule has 0 unspecified atom stereocenters. The fourth-order valence-corrected chi connectivity index (χ4v) is 1.37. The molecule has 3 N–H and O–H groups in total. The minimum absolute atomic E-state index is 0.143. The number of rotatable bonds is 4. The Morgan fingerprint density at radius 3 is 2.47 bits per heavy atom. The second kappa shape index (κ2) is 5.29. The van der Waals surface area contributed by atoms with Gasteiger partial charge in [-0.3, -0.25) is 14.4 Å². The van der Waals surface area contributed by atoms with Crippen molar-refractivity contribution >= 4 is 11.8 Å². The van der Waals surface area contributed by atoms with E-state index in [2.05, 4.69) is 4.98 Å². The van der Waals surface area contributed by atoms with Gasteiger partial charge in [0.1, 0.15) is 0 Å². The Balaban J connectivity index is 2.95. The van der Waals surface area contributed by atoms with Gasteiger partial charge in [-0.15, -0.1) is 0 Å². The Hall–Kier alpha value is -2.11. The number of nitrogens with two attached hydrogens (primary N) is 1. The van der Waals surface area contributed by atoms with Crippen molar-refractivity contribution in [2.75, 3.05) is 6.54 Å². The molecule has 92 valence electrons. The maximum atomic E-state index is 12.0. The molecule has 0 saturated heterocycles. The molecule has 0 spiro atoms. The molecule has 6 nitrogen and oxygen atoms in total. The molecule has 6 heteroatoms. The fraction of sp³-hybridized carbons (Fsp3) is 0.364. The van der Waals surface area contributed by atoms with Gasteiger partial charge >= 0.3 is 0 Å². The van der Waals surface area contributed by atoms with Crippen molar-refractivity contribution in [1.82, 2.24) is 9.88 Å². The molecule has 17 heavy (non-hydrogen) atoms. The molecule has 0 radical (unpaired) electrons. The molecule has 1 heterocycles. The summed E-state index contributed by atoms with van der Waals surface area (Å²) in [5.41, 5.74) is 5.11. The molecular weight excluding hydrogens is 222 g/mol.